The van der Waals surface area contributed by atoms with Gasteiger partial charge in [0.05, 0.1) is 0 Å². The molecule has 1 saturated heterocycles. The molecule has 1 aliphatic rings. The Bertz CT molecular complexity index is 595. The van der Waals surface area contributed by atoms with E-state index in [0.29, 0.717) is 35.2 Å². The predicted octanol–water partition coefficient (Wildman–Crippen LogP) is 2.79. The number of anilines is 1. The van der Waals surface area contributed by atoms with Crippen LogP contribution < -0.4 is 5.32 Å². The van der Waals surface area contributed by atoms with Crippen LogP contribution in [0.5, 0.6) is 0 Å². The molecular formula is C13H20BrN3O2S2. The van der Waals surface area contributed by atoms with Crippen molar-refractivity contribution in [2.45, 2.75) is 30.4 Å². The standard InChI is InChI=1S/C13H20BrN3O2S2/c1-3-4-15-13-12(7-11(14)8-16-13)21(18,19)17-5-6-20-10(2)9-17/h7-8,10H,3-6,9H2,1-2H3,(H,15,16). The van der Waals surface area contributed by atoms with E-state index >= 15 is 0 Å². The van der Waals surface area contributed by atoms with Gasteiger partial charge in [-0.15, -0.1) is 0 Å². The maximum absolute atomic E-state index is 12.9. The summed E-state index contributed by atoms with van der Waals surface area (Å²) in [6, 6.07) is 1.63. The van der Waals surface area contributed by atoms with Crippen molar-refractivity contribution in [2.24, 2.45) is 0 Å². The number of nitrogens with one attached hydrogen (secondary N) is 1. The van der Waals surface area contributed by atoms with E-state index in [1.165, 1.54) is 0 Å². The number of hydrogen-bond donors (Lipinski definition) is 1. The van der Waals surface area contributed by atoms with Crippen molar-refractivity contribution in [3.8, 4) is 0 Å². The Morgan fingerprint density at radius 3 is 3.00 bits per heavy atom. The van der Waals surface area contributed by atoms with Crippen LogP contribution >= 0.6 is 27.7 Å². The topological polar surface area (TPSA) is 62.3 Å². The maximum Gasteiger partial charge on any atom is 0.246 e. The molecule has 0 aliphatic carbocycles. The molecule has 0 aromatic carbocycles. The Balaban J connectivity index is 2.35. The zero-order valence-electron chi connectivity index (χ0n) is 12.2. The largest absolute Gasteiger partial charge is 0.369 e. The van der Waals surface area contributed by atoms with E-state index in [2.05, 4.69) is 33.2 Å². The fourth-order valence-corrected chi connectivity index (χ4v) is 5.52. The van der Waals surface area contributed by atoms with Crippen LogP contribution in [0.4, 0.5) is 5.82 Å². The van der Waals surface area contributed by atoms with Crippen LogP contribution in [-0.2, 0) is 10.0 Å². The van der Waals surface area contributed by atoms with Gasteiger partial charge in [-0.05, 0) is 28.4 Å². The second kappa shape index (κ2) is 7.30. The van der Waals surface area contributed by atoms with E-state index in [0.717, 1.165) is 12.2 Å². The molecule has 0 saturated carbocycles. The fourth-order valence-electron chi connectivity index (χ4n) is 2.14. The summed E-state index contributed by atoms with van der Waals surface area (Å²) in [5, 5.41) is 3.42. The molecule has 0 spiro atoms. The number of thioether (sulfide) groups is 1. The highest BCUT2D eigenvalue weighted by Crippen LogP contribution is 2.29. The highest BCUT2D eigenvalue weighted by atomic mass is 79.9. The predicted molar refractivity (Wildman–Crippen MR) is 91.4 cm³/mol. The number of nitrogens with zero attached hydrogens (tertiary/aromatic N) is 2. The van der Waals surface area contributed by atoms with Crippen molar-refractivity contribution in [1.29, 1.82) is 0 Å². The van der Waals surface area contributed by atoms with E-state index in [9.17, 15) is 8.42 Å². The zero-order valence-corrected chi connectivity index (χ0v) is 15.4. The van der Waals surface area contributed by atoms with Gasteiger partial charge in [-0.1, -0.05) is 13.8 Å². The highest BCUT2D eigenvalue weighted by molar-refractivity contribution is 9.10. The zero-order chi connectivity index (χ0) is 15.5. The quantitative estimate of drug-likeness (QED) is 0.832. The number of aromatic nitrogens is 1. The number of rotatable bonds is 5. The van der Waals surface area contributed by atoms with Crippen molar-refractivity contribution in [1.82, 2.24) is 9.29 Å². The fraction of sp³-hybridized carbons (Fsp3) is 0.615. The van der Waals surface area contributed by atoms with Crippen molar-refractivity contribution >= 4 is 43.5 Å². The van der Waals surface area contributed by atoms with E-state index in [-0.39, 0.29) is 4.90 Å². The van der Waals surface area contributed by atoms with E-state index < -0.39 is 10.0 Å². The molecule has 1 aromatic rings. The van der Waals surface area contributed by atoms with Crippen LogP contribution in [0.1, 0.15) is 20.3 Å². The highest BCUT2D eigenvalue weighted by Gasteiger charge is 2.31. The molecule has 1 aromatic heterocycles. The lowest BCUT2D eigenvalue weighted by Gasteiger charge is -2.30. The molecule has 0 amide bonds. The molecule has 1 N–H and O–H groups in total. The van der Waals surface area contributed by atoms with Crippen molar-refractivity contribution in [3.05, 3.63) is 16.7 Å². The van der Waals surface area contributed by atoms with Crippen LogP contribution in [0.25, 0.3) is 0 Å². The molecule has 21 heavy (non-hydrogen) atoms. The molecular weight excluding hydrogens is 374 g/mol. The number of sulfonamides is 1. The molecule has 1 aliphatic heterocycles. The SMILES string of the molecule is CCCNc1ncc(Br)cc1S(=O)(=O)N1CCSC(C)C1. The van der Waals surface area contributed by atoms with Crippen LogP contribution in [0.15, 0.2) is 21.6 Å². The lowest BCUT2D eigenvalue weighted by molar-refractivity contribution is 0.424. The normalized spacial score (nSPS) is 20.4. The second-order valence-corrected chi connectivity index (χ2v) is 9.34. The van der Waals surface area contributed by atoms with Crippen LogP contribution in [0.2, 0.25) is 0 Å². The Hall–Kier alpha value is -0.310. The molecule has 0 bridgehead atoms. The third-order valence-electron chi connectivity index (χ3n) is 3.18. The third-order valence-corrected chi connectivity index (χ3v) is 6.63. The van der Waals surface area contributed by atoms with Gasteiger partial charge in [-0.25, -0.2) is 13.4 Å². The molecule has 1 atom stereocenters. The third kappa shape index (κ3) is 4.12. The Kier molecular flexibility index (Phi) is 5.93. The first kappa shape index (κ1) is 17.1. The molecule has 5 nitrogen and oxygen atoms in total. The minimum atomic E-state index is -3.51. The van der Waals surface area contributed by atoms with Crippen molar-refractivity contribution in [3.63, 3.8) is 0 Å². The summed E-state index contributed by atoms with van der Waals surface area (Å²) < 4.78 is 28.0. The Labute approximate surface area is 139 Å². The van der Waals surface area contributed by atoms with Gasteiger partial charge in [0.15, 0.2) is 0 Å². The lowest BCUT2D eigenvalue weighted by atomic mass is 10.4. The van der Waals surface area contributed by atoms with Crippen LogP contribution in [0.3, 0.4) is 0 Å². The average molecular weight is 394 g/mol. The first-order valence-corrected chi connectivity index (χ1v) is 10.2. The molecule has 1 fully saturated rings. The number of halogens is 1. The second-order valence-electron chi connectivity index (χ2n) is 4.97. The van der Waals surface area contributed by atoms with Gasteiger partial charge < -0.3 is 5.32 Å². The molecule has 2 rings (SSSR count). The average Bonchev–Trinajstić information content (AvgIpc) is 2.46. The van der Waals surface area contributed by atoms with Gasteiger partial charge in [-0.3, -0.25) is 0 Å². The molecule has 118 valence electrons. The van der Waals surface area contributed by atoms with Gasteiger partial charge in [0.25, 0.3) is 0 Å². The van der Waals surface area contributed by atoms with Gasteiger partial charge in [-0.2, -0.15) is 16.1 Å². The van der Waals surface area contributed by atoms with Crippen molar-refractivity contribution < 1.29 is 8.42 Å². The summed E-state index contributed by atoms with van der Waals surface area (Å²) >= 11 is 5.12. The summed E-state index contributed by atoms with van der Waals surface area (Å²) in [7, 11) is -3.51. The summed E-state index contributed by atoms with van der Waals surface area (Å²) in [6.07, 6.45) is 2.53. The van der Waals surface area contributed by atoms with Crippen molar-refractivity contribution in [2.75, 3.05) is 30.7 Å². The Morgan fingerprint density at radius 1 is 1.57 bits per heavy atom. The van der Waals surface area contributed by atoms with E-state index in [4.69, 9.17) is 0 Å². The van der Waals surface area contributed by atoms with Crippen LogP contribution in [0, 0.1) is 0 Å². The summed E-state index contributed by atoms with van der Waals surface area (Å²) in [4.78, 5) is 4.48. The van der Waals surface area contributed by atoms with Gasteiger partial charge in [0, 0.05) is 41.3 Å². The summed E-state index contributed by atoms with van der Waals surface area (Å²) in [6.45, 7) is 5.89. The smallest absolute Gasteiger partial charge is 0.246 e. The first-order valence-electron chi connectivity index (χ1n) is 6.96. The lowest BCUT2D eigenvalue weighted by Crippen LogP contribution is -2.41. The van der Waals surface area contributed by atoms with Gasteiger partial charge >= 0.3 is 0 Å². The molecule has 1 unspecified atom stereocenters. The number of pyridine rings is 1. The molecule has 0 radical (unpaired) electrons. The van der Waals surface area contributed by atoms with Gasteiger partial charge in [0.2, 0.25) is 10.0 Å². The molecule has 8 heteroatoms. The number of hydrogen-bond acceptors (Lipinski definition) is 5. The van der Waals surface area contributed by atoms with Gasteiger partial charge in [0.1, 0.15) is 10.7 Å². The van der Waals surface area contributed by atoms with E-state index in [1.54, 1.807) is 16.6 Å². The minimum Gasteiger partial charge on any atom is -0.369 e. The monoisotopic (exact) mass is 393 g/mol. The summed E-state index contributed by atoms with van der Waals surface area (Å²) in [5.41, 5.74) is 0. The first-order chi connectivity index (χ1) is 9.95. The maximum atomic E-state index is 12.9. The Morgan fingerprint density at radius 2 is 2.33 bits per heavy atom. The van der Waals surface area contributed by atoms with Crippen LogP contribution in [-0.4, -0.2) is 48.3 Å². The minimum absolute atomic E-state index is 0.254. The molecule has 2 heterocycles. The summed E-state index contributed by atoms with van der Waals surface area (Å²) in [5.74, 6) is 1.27. The van der Waals surface area contributed by atoms with E-state index in [1.807, 2.05) is 18.7 Å².